The lowest BCUT2D eigenvalue weighted by Crippen LogP contribution is -2.38. The van der Waals surface area contributed by atoms with Gasteiger partial charge in [0, 0.05) is 10.2 Å². The number of benzene rings is 2. The molecule has 0 saturated heterocycles. The number of urea groups is 1. The summed E-state index contributed by atoms with van der Waals surface area (Å²) in [4.78, 5) is 12.1. The third kappa shape index (κ3) is 3.24. The molecule has 0 aliphatic heterocycles. The highest BCUT2D eigenvalue weighted by molar-refractivity contribution is 9.10. The van der Waals surface area contributed by atoms with Crippen LogP contribution in [0.15, 0.2) is 53.0 Å². The molecule has 1 fully saturated rings. The van der Waals surface area contributed by atoms with Gasteiger partial charge in [0.2, 0.25) is 0 Å². The minimum atomic E-state index is -0.325. The highest BCUT2D eigenvalue weighted by Crippen LogP contribution is 2.46. The SMILES string of the molecule is O=C(Nc1ccc(F)cc1)NC1(c2cccc(Br)c2)CC1. The Morgan fingerprint density at radius 2 is 1.86 bits per heavy atom. The lowest BCUT2D eigenvalue weighted by molar-refractivity contribution is 0.247. The summed E-state index contributed by atoms with van der Waals surface area (Å²) in [7, 11) is 0. The maximum absolute atomic E-state index is 12.8. The molecule has 5 heteroatoms. The molecule has 3 nitrogen and oxygen atoms in total. The van der Waals surface area contributed by atoms with Crippen molar-refractivity contribution in [3.05, 3.63) is 64.4 Å². The molecule has 2 amide bonds. The molecule has 2 aromatic carbocycles. The average molecular weight is 349 g/mol. The van der Waals surface area contributed by atoms with Crippen LogP contribution < -0.4 is 10.6 Å². The van der Waals surface area contributed by atoms with E-state index in [1.54, 1.807) is 0 Å². The van der Waals surface area contributed by atoms with Gasteiger partial charge in [0.1, 0.15) is 5.82 Å². The van der Waals surface area contributed by atoms with Crippen LogP contribution in [-0.2, 0) is 5.54 Å². The third-order valence-electron chi connectivity index (χ3n) is 3.58. The van der Waals surface area contributed by atoms with Crippen LogP contribution in [0.25, 0.3) is 0 Å². The number of carbonyl (C=O) groups is 1. The number of carbonyl (C=O) groups excluding carboxylic acids is 1. The summed E-state index contributed by atoms with van der Waals surface area (Å²) in [5.41, 5.74) is 1.37. The minimum absolute atomic E-state index is 0.279. The fraction of sp³-hybridized carbons (Fsp3) is 0.188. The van der Waals surface area contributed by atoms with Gasteiger partial charge in [0.15, 0.2) is 0 Å². The topological polar surface area (TPSA) is 41.1 Å². The Morgan fingerprint density at radius 3 is 2.48 bits per heavy atom. The van der Waals surface area contributed by atoms with E-state index in [9.17, 15) is 9.18 Å². The van der Waals surface area contributed by atoms with E-state index >= 15 is 0 Å². The predicted octanol–water partition coefficient (Wildman–Crippen LogP) is 4.40. The van der Waals surface area contributed by atoms with Gasteiger partial charge < -0.3 is 10.6 Å². The number of amides is 2. The largest absolute Gasteiger partial charge is 0.328 e. The summed E-state index contributed by atoms with van der Waals surface area (Å²) in [6, 6.07) is 13.4. The van der Waals surface area contributed by atoms with Crippen molar-refractivity contribution < 1.29 is 9.18 Å². The molecule has 108 valence electrons. The van der Waals surface area contributed by atoms with E-state index in [1.807, 2.05) is 24.3 Å². The van der Waals surface area contributed by atoms with Gasteiger partial charge in [0.25, 0.3) is 0 Å². The summed E-state index contributed by atoms with van der Waals surface area (Å²) >= 11 is 3.45. The lowest BCUT2D eigenvalue weighted by Gasteiger charge is -2.18. The van der Waals surface area contributed by atoms with Crippen molar-refractivity contribution >= 4 is 27.6 Å². The number of hydrogen-bond donors (Lipinski definition) is 2. The van der Waals surface area contributed by atoms with E-state index in [0.29, 0.717) is 5.69 Å². The third-order valence-corrected chi connectivity index (χ3v) is 4.08. The highest BCUT2D eigenvalue weighted by Gasteiger charge is 2.45. The molecule has 0 aromatic heterocycles. The van der Waals surface area contributed by atoms with Crippen LogP contribution in [0.3, 0.4) is 0 Å². The quantitative estimate of drug-likeness (QED) is 0.847. The van der Waals surface area contributed by atoms with E-state index in [-0.39, 0.29) is 17.4 Å². The maximum atomic E-state index is 12.8. The van der Waals surface area contributed by atoms with E-state index < -0.39 is 0 Å². The van der Waals surface area contributed by atoms with Gasteiger partial charge in [-0.1, -0.05) is 28.1 Å². The van der Waals surface area contributed by atoms with Crippen LogP contribution in [0.4, 0.5) is 14.9 Å². The second-order valence-electron chi connectivity index (χ2n) is 5.18. The molecule has 0 atom stereocenters. The normalized spacial score (nSPS) is 15.3. The summed E-state index contributed by atoms with van der Waals surface area (Å²) < 4.78 is 13.8. The van der Waals surface area contributed by atoms with Gasteiger partial charge in [-0.3, -0.25) is 0 Å². The Kier molecular flexibility index (Phi) is 3.68. The molecule has 3 rings (SSSR count). The monoisotopic (exact) mass is 348 g/mol. The van der Waals surface area contributed by atoms with E-state index in [0.717, 1.165) is 22.9 Å². The van der Waals surface area contributed by atoms with Gasteiger partial charge in [-0.15, -0.1) is 0 Å². The Balaban J connectivity index is 1.68. The van der Waals surface area contributed by atoms with E-state index in [1.165, 1.54) is 24.3 Å². The zero-order chi connectivity index (χ0) is 14.9. The molecule has 0 heterocycles. The van der Waals surface area contributed by atoms with Crippen molar-refractivity contribution in [2.45, 2.75) is 18.4 Å². The first-order valence-corrected chi connectivity index (χ1v) is 7.47. The first-order valence-electron chi connectivity index (χ1n) is 6.68. The Hall–Kier alpha value is -1.88. The summed E-state index contributed by atoms with van der Waals surface area (Å²) in [6.45, 7) is 0. The zero-order valence-corrected chi connectivity index (χ0v) is 12.8. The summed E-state index contributed by atoms with van der Waals surface area (Å²) in [6.07, 6.45) is 1.83. The fourth-order valence-electron chi connectivity index (χ4n) is 2.31. The lowest BCUT2D eigenvalue weighted by atomic mass is 10.1. The number of rotatable bonds is 3. The first-order chi connectivity index (χ1) is 10.1. The van der Waals surface area contributed by atoms with Crippen LogP contribution in [0, 0.1) is 5.82 Å². The van der Waals surface area contributed by atoms with Crippen molar-refractivity contribution in [3.8, 4) is 0 Å². The number of anilines is 1. The van der Waals surface area contributed by atoms with Crippen molar-refractivity contribution in [1.29, 1.82) is 0 Å². The standard InChI is InChI=1S/C16H14BrFN2O/c17-12-3-1-2-11(10-12)16(8-9-16)20-15(21)19-14-6-4-13(18)5-7-14/h1-7,10H,8-9H2,(H2,19,20,21). The van der Waals surface area contributed by atoms with Crippen molar-refractivity contribution in [2.75, 3.05) is 5.32 Å². The van der Waals surface area contributed by atoms with Crippen LogP contribution in [0.1, 0.15) is 18.4 Å². The summed E-state index contributed by atoms with van der Waals surface area (Å²) in [5.74, 6) is -0.325. The van der Waals surface area contributed by atoms with Crippen molar-refractivity contribution in [2.24, 2.45) is 0 Å². The Labute approximate surface area is 130 Å². The molecule has 0 spiro atoms. The minimum Gasteiger partial charge on any atom is -0.328 e. The van der Waals surface area contributed by atoms with Gasteiger partial charge in [-0.25, -0.2) is 9.18 Å². The van der Waals surface area contributed by atoms with Gasteiger partial charge in [-0.05, 0) is 54.8 Å². The highest BCUT2D eigenvalue weighted by atomic mass is 79.9. The second kappa shape index (κ2) is 5.48. The molecule has 2 N–H and O–H groups in total. The van der Waals surface area contributed by atoms with Crippen molar-refractivity contribution in [1.82, 2.24) is 5.32 Å². The smallest absolute Gasteiger partial charge is 0.319 e. The van der Waals surface area contributed by atoms with Gasteiger partial charge in [0.05, 0.1) is 5.54 Å². The van der Waals surface area contributed by atoms with Crippen LogP contribution in [-0.4, -0.2) is 6.03 Å². The average Bonchev–Trinajstić information content (AvgIpc) is 3.22. The molecule has 1 aliphatic carbocycles. The van der Waals surface area contributed by atoms with Gasteiger partial charge >= 0.3 is 6.03 Å². The maximum Gasteiger partial charge on any atom is 0.319 e. The van der Waals surface area contributed by atoms with Crippen molar-refractivity contribution in [3.63, 3.8) is 0 Å². The number of halogens is 2. The molecule has 0 radical (unpaired) electrons. The molecule has 1 aliphatic rings. The number of hydrogen-bond acceptors (Lipinski definition) is 1. The molecule has 2 aromatic rings. The Bertz CT molecular complexity index is 668. The summed E-state index contributed by atoms with van der Waals surface area (Å²) in [5, 5.41) is 5.73. The Morgan fingerprint density at radius 1 is 1.14 bits per heavy atom. The molecule has 1 saturated carbocycles. The van der Waals surface area contributed by atoms with Crippen LogP contribution >= 0.6 is 15.9 Å². The predicted molar refractivity (Wildman–Crippen MR) is 83.6 cm³/mol. The molecule has 0 bridgehead atoms. The molecular weight excluding hydrogens is 335 g/mol. The first kappa shape index (κ1) is 14.1. The fourth-order valence-corrected chi connectivity index (χ4v) is 2.71. The van der Waals surface area contributed by atoms with Crippen LogP contribution in [0.2, 0.25) is 0 Å². The molecule has 21 heavy (non-hydrogen) atoms. The zero-order valence-electron chi connectivity index (χ0n) is 11.2. The molecule has 0 unspecified atom stereocenters. The van der Waals surface area contributed by atoms with E-state index in [4.69, 9.17) is 0 Å². The van der Waals surface area contributed by atoms with Crippen LogP contribution in [0.5, 0.6) is 0 Å². The molecular formula is C16H14BrFN2O. The van der Waals surface area contributed by atoms with E-state index in [2.05, 4.69) is 26.6 Å². The number of nitrogens with one attached hydrogen (secondary N) is 2. The van der Waals surface area contributed by atoms with Gasteiger partial charge in [-0.2, -0.15) is 0 Å². The second-order valence-corrected chi connectivity index (χ2v) is 6.09.